The summed E-state index contributed by atoms with van der Waals surface area (Å²) >= 11 is 0. The maximum absolute atomic E-state index is 12.8. The Morgan fingerprint density at radius 3 is 2.42 bits per heavy atom. The fourth-order valence-corrected chi connectivity index (χ4v) is 3.66. The van der Waals surface area contributed by atoms with Crippen molar-refractivity contribution in [2.45, 2.75) is 25.1 Å². The lowest BCUT2D eigenvalue weighted by Gasteiger charge is -2.27. The van der Waals surface area contributed by atoms with Gasteiger partial charge in [0.2, 0.25) is 5.91 Å². The molecule has 1 aliphatic heterocycles. The van der Waals surface area contributed by atoms with Crippen LogP contribution in [0.2, 0.25) is 0 Å². The average molecular weight is 436 g/mol. The number of nitrogens with zero attached hydrogens (tertiary/aromatic N) is 1. The van der Waals surface area contributed by atoms with Gasteiger partial charge in [-0.25, -0.2) is 0 Å². The zero-order valence-electron chi connectivity index (χ0n) is 17.2. The first kappa shape index (κ1) is 22.5. The third-order valence-corrected chi connectivity index (χ3v) is 5.24. The Balaban J connectivity index is 1.67. The first-order valence-corrected chi connectivity index (χ1v) is 9.71. The molecule has 0 saturated carbocycles. The van der Waals surface area contributed by atoms with Crippen molar-refractivity contribution in [2.24, 2.45) is 0 Å². The topological polar surface area (TPSA) is 67.9 Å². The number of ether oxygens (including phenoxy) is 2. The van der Waals surface area contributed by atoms with Crippen LogP contribution >= 0.6 is 0 Å². The third-order valence-electron chi connectivity index (χ3n) is 5.24. The summed E-state index contributed by atoms with van der Waals surface area (Å²) in [7, 11) is 3.11. The SMILES string of the molecule is COc1ccc(OC)c([C@H]2CCCN2C(=O)CNC(=O)c2ccc(C(F)(F)F)cc2)c1. The number of carbonyl (C=O) groups excluding carboxylic acids is 2. The van der Waals surface area contributed by atoms with Crippen molar-refractivity contribution in [2.75, 3.05) is 27.3 Å². The molecule has 1 N–H and O–H groups in total. The smallest absolute Gasteiger partial charge is 0.416 e. The number of hydrogen-bond acceptors (Lipinski definition) is 4. The lowest BCUT2D eigenvalue weighted by molar-refractivity contribution is -0.137. The molecule has 2 aromatic rings. The monoisotopic (exact) mass is 436 g/mol. The third kappa shape index (κ3) is 5.10. The summed E-state index contributed by atoms with van der Waals surface area (Å²) in [6.45, 7) is 0.267. The molecule has 0 aromatic heterocycles. The summed E-state index contributed by atoms with van der Waals surface area (Å²) in [5.41, 5.74) is 0.0299. The Morgan fingerprint density at radius 2 is 1.81 bits per heavy atom. The molecule has 3 rings (SSSR count). The van der Waals surface area contributed by atoms with Gasteiger partial charge in [0.15, 0.2) is 0 Å². The zero-order chi connectivity index (χ0) is 22.6. The molecule has 2 amide bonds. The summed E-state index contributed by atoms with van der Waals surface area (Å²) in [6.07, 6.45) is -2.94. The minimum atomic E-state index is -4.48. The Labute approximate surface area is 177 Å². The van der Waals surface area contributed by atoms with Crippen LogP contribution in [0, 0.1) is 0 Å². The van der Waals surface area contributed by atoms with E-state index in [1.807, 2.05) is 6.07 Å². The highest BCUT2D eigenvalue weighted by atomic mass is 19.4. The number of nitrogens with one attached hydrogen (secondary N) is 1. The van der Waals surface area contributed by atoms with Gasteiger partial charge in [0.25, 0.3) is 5.91 Å². The van der Waals surface area contributed by atoms with Gasteiger partial charge in [0.05, 0.1) is 32.4 Å². The van der Waals surface area contributed by atoms with Crippen LogP contribution in [0.15, 0.2) is 42.5 Å². The van der Waals surface area contributed by atoms with Crippen molar-refractivity contribution in [3.63, 3.8) is 0 Å². The molecule has 2 aromatic carbocycles. The van der Waals surface area contributed by atoms with Crippen LogP contribution in [0.3, 0.4) is 0 Å². The molecule has 1 heterocycles. The van der Waals surface area contributed by atoms with Crippen molar-refractivity contribution in [3.05, 3.63) is 59.2 Å². The number of rotatable bonds is 6. The van der Waals surface area contributed by atoms with E-state index in [-0.39, 0.29) is 24.1 Å². The molecule has 6 nitrogen and oxygen atoms in total. The van der Waals surface area contributed by atoms with Crippen LogP contribution in [-0.4, -0.2) is 44.0 Å². The molecule has 9 heteroatoms. The molecule has 0 radical (unpaired) electrons. The normalized spacial score (nSPS) is 16.2. The van der Waals surface area contributed by atoms with Crippen LogP contribution in [0.5, 0.6) is 11.5 Å². The van der Waals surface area contributed by atoms with Gasteiger partial charge in [-0.2, -0.15) is 13.2 Å². The lowest BCUT2D eigenvalue weighted by Crippen LogP contribution is -2.40. The quantitative estimate of drug-likeness (QED) is 0.748. The van der Waals surface area contributed by atoms with Gasteiger partial charge in [0.1, 0.15) is 11.5 Å². The second-order valence-corrected chi connectivity index (χ2v) is 7.11. The zero-order valence-corrected chi connectivity index (χ0v) is 17.2. The highest BCUT2D eigenvalue weighted by Gasteiger charge is 2.33. The highest BCUT2D eigenvalue weighted by molar-refractivity contribution is 5.96. The van der Waals surface area contributed by atoms with Gasteiger partial charge >= 0.3 is 6.18 Å². The van der Waals surface area contributed by atoms with E-state index in [0.29, 0.717) is 18.0 Å². The number of halogens is 3. The Bertz CT molecular complexity index is 945. The summed E-state index contributed by atoms with van der Waals surface area (Å²) in [5.74, 6) is 0.384. The summed E-state index contributed by atoms with van der Waals surface area (Å²) < 4.78 is 48.7. The predicted octanol–water partition coefficient (Wildman–Crippen LogP) is 3.82. The standard InChI is InChI=1S/C22H23F3N2O4/c1-30-16-9-10-19(31-2)17(12-16)18-4-3-11-27(18)20(28)13-26-21(29)14-5-7-15(8-6-14)22(23,24)25/h5-10,12,18H,3-4,11,13H2,1-2H3,(H,26,29)/t18-/m1/s1. The number of amides is 2. The molecular formula is C22H23F3N2O4. The van der Waals surface area contributed by atoms with Crippen LogP contribution in [0.1, 0.15) is 40.4 Å². The number of alkyl halides is 3. The molecule has 1 atom stereocenters. The average Bonchev–Trinajstić information content (AvgIpc) is 3.26. The largest absolute Gasteiger partial charge is 0.497 e. The van der Waals surface area contributed by atoms with Gasteiger partial charge in [0, 0.05) is 17.7 Å². The second-order valence-electron chi connectivity index (χ2n) is 7.11. The second kappa shape index (κ2) is 9.28. The van der Waals surface area contributed by atoms with E-state index in [2.05, 4.69) is 5.32 Å². The maximum Gasteiger partial charge on any atom is 0.416 e. The number of methoxy groups -OCH3 is 2. The molecule has 0 aliphatic carbocycles. The fraction of sp³-hybridized carbons (Fsp3) is 0.364. The van der Waals surface area contributed by atoms with Crippen molar-refractivity contribution >= 4 is 11.8 Å². The van der Waals surface area contributed by atoms with Crippen LogP contribution in [0.25, 0.3) is 0 Å². The summed E-state index contributed by atoms with van der Waals surface area (Å²) in [4.78, 5) is 26.7. The first-order valence-electron chi connectivity index (χ1n) is 9.71. The lowest BCUT2D eigenvalue weighted by atomic mass is 10.0. The number of benzene rings is 2. The Kier molecular flexibility index (Phi) is 6.72. The first-order chi connectivity index (χ1) is 14.7. The van der Waals surface area contributed by atoms with Crippen LogP contribution < -0.4 is 14.8 Å². The van der Waals surface area contributed by atoms with Crippen molar-refractivity contribution in [3.8, 4) is 11.5 Å². The molecule has 1 fully saturated rings. The fourth-order valence-electron chi connectivity index (χ4n) is 3.66. The van der Waals surface area contributed by atoms with Crippen LogP contribution in [-0.2, 0) is 11.0 Å². The number of hydrogen-bond donors (Lipinski definition) is 1. The minimum absolute atomic E-state index is 0.0493. The van der Waals surface area contributed by atoms with Gasteiger partial charge < -0.3 is 19.7 Å². The van der Waals surface area contributed by atoms with Gasteiger partial charge in [-0.15, -0.1) is 0 Å². The van der Waals surface area contributed by atoms with E-state index in [4.69, 9.17) is 9.47 Å². The molecule has 1 saturated heterocycles. The van der Waals surface area contributed by atoms with E-state index in [0.717, 1.165) is 42.7 Å². The van der Waals surface area contributed by atoms with E-state index < -0.39 is 17.6 Å². The molecule has 166 valence electrons. The van der Waals surface area contributed by atoms with Crippen LogP contribution in [0.4, 0.5) is 13.2 Å². The van der Waals surface area contributed by atoms with E-state index >= 15 is 0 Å². The van der Waals surface area contributed by atoms with E-state index in [9.17, 15) is 22.8 Å². The van der Waals surface area contributed by atoms with Crippen molar-refractivity contribution in [1.29, 1.82) is 0 Å². The Hall–Kier alpha value is -3.23. The molecule has 31 heavy (non-hydrogen) atoms. The van der Waals surface area contributed by atoms with E-state index in [1.54, 1.807) is 31.3 Å². The van der Waals surface area contributed by atoms with Gasteiger partial charge in [-0.3, -0.25) is 9.59 Å². The van der Waals surface area contributed by atoms with Gasteiger partial charge in [-0.1, -0.05) is 0 Å². The maximum atomic E-state index is 12.8. The van der Waals surface area contributed by atoms with Crippen molar-refractivity contribution in [1.82, 2.24) is 10.2 Å². The van der Waals surface area contributed by atoms with E-state index in [1.165, 1.54) is 0 Å². The minimum Gasteiger partial charge on any atom is -0.497 e. The summed E-state index contributed by atoms with van der Waals surface area (Å²) in [5, 5.41) is 2.49. The molecule has 0 unspecified atom stereocenters. The molecule has 0 bridgehead atoms. The number of likely N-dealkylation sites (tertiary alicyclic amines) is 1. The molecule has 1 aliphatic rings. The predicted molar refractivity (Wildman–Crippen MR) is 107 cm³/mol. The number of carbonyl (C=O) groups is 2. The molecular weight excluding hydrogens is 413 g/mol. The highest BCUT2D eigenvalue weighted by Crippen LogP contribution is 2.38. The molecule has 0 spiro atoms. The van der Waals surface area contributed by atoms with Gasteiger partial charge in [-0.05, 0) is 55.3 Å². The van der Waals surface area contributed by atoms with Crippen molar-refractivity contribution < 1.29 is 32.2 Å². The summed E-state index contributed by atoms with van der Waals surface area (Å²) in [6, 6.07) is 9.00. The Morgan fingerprint density at radius 1 is 1.10 bits per heavy atom.